The first-order valence-electron chi connectivity index (χ1n) is 7.94. The number of anilines is 2. The van der Waals surface area contributed by atoms with Gasteiger partial charge in [0.1, 0.15) is 11.0 Å². The maximum atomic E-state index is 12.2. The van der Waals surface area contributed by atoms with Crippen LogP contribution in [0.15, 0.2) is 59.7 Å². The summed E-state index contributed by atoms with van der Waals surface area (Å²) in [6.45, 7) is 0. The third-order valence-corrected chi connectivity index (χ3v) is 4.66. The lowest BCUT2D eigenvalue weighted by Gasteiger charge is -2.08. The lowest BCUT2D eigenvalue weighted by molar-refractivity contribution is -0.122. The number of carbonyl (C=O) groups is 2. The molecule has 0 aliphatic carbocycles. The van der Waals surface area contributed by atoms with Gasteiger partial charge in [-0.3, -0.25) is 15.0 Å². The molecular formula is C18H18N4O3S. The molecule has 1 heterocycles. The largest absolute Gasteiger partial charge is 0.497 e. The Morgan fingerprint density at radius 1 is 1.15 bits per heavy atom. The monoisotopic (exact) mass is 370 g/mol. The first-order valence-corrected chi connectivity index (χ1v) is 8.82. The predicted molar refractivity (Wildman–Crippen MR) is 103 cm³/mol. The number of rotatable bonds is 6. The van der Waals surface area contributed by atoms with Gasteiger partial charge in [-0.1, -0.05) is 30.0 Å². The fourth-order valence-electron chi connectivity index (χ4n) is 2.28. The molecule has 3 rings (SSSR count). The first kappa shape index (κ1) is 17.8. The van der Waals surface area contributed by atoms with E-state index in [0.717, 1.165) is 5.69 Å². The summed E-state index contributed by atoms with van der Waals surface area (Å²) in [5.74, 6) is 0.245. The van der Waals surface area contributed by atoms with Crippen LogP contribution in [0.3, 0.4) is 0 Å². The average molecular weight is 370 g/mol. The zero-order valence-electron chi connectivity index (χ0n) is 14.1. The highest BCUT2D eigenvalue weighted by Gasteiger charge is 2.32. The molecule has 8 heteroatoms. The zero-order valence-corrected chi connectivity index (χ0v) is 14.9. The number of amidine groups is 1. The van der Waals surface area contributed by atoms with Crippen molar-refractivity contribution in [3.05, 3.63) is 54.6 Å². The van der Waals surface area contributed by atoms with Crippen molar-refractivity contribution in [3.8, 4) is 5.75 Å². The lowest BCUT2D eigenvalue weighted by Crippen LogP contribution is -2.28. The molecule has 2 aromatic carbocycles. The summed E-state index contributed by atoms with van der Waals surface area (Å²) >= 11 is 1.23. The van der Waals surface area contributed by atoms with Crippen LogP contribution in [-0.4, -0.2) is 29.3 Å². The Morgan fingerprint density at radius 2 is 1.88 bits per heavy atom. The molecule has 0 spiro atoms. The maximum absolute atomic E-state index is 12.2. The van der Waals surface area contributed by atoms with Crippen LogP contribution < -0.4 is 20.8 Å². The van der Waals surface area contributed by atoms with Crippen LogP contribution >= 0.6 is 11.8 Å². The molecule has 0 bridgehead atoms. The van der Waals surface area contributed by atoms with Crippen molar-refractivity contribution in [1.82, 2.24) is 5.32 Å². The average Bonchev–Trinajstić information content (AvgIpc) is 3.01. The van der Waals surface area contributed by atoms with E-state index < -0.39 is 5.25 Å². The fourth-order valence-corrected chi connectivity index (χ4v) is 3.20. The highest BCUT2D eigenvalue weighted by molar-refractivity contribution is 8.15. The third-order valence-electron chi connectivity index (χ3n) is 3.58. The number of nitrogens with one attached hydrogen (secondary N) is 3. The molecule has 0 saturated carbocycles. The van der Waals surface area contributed by atoms with Crippen molar-refractivity contribution in [2.24, 2.45) is 5.10 Å². The molecular weight excluding hydrogens is 352 g/mol. The van der Waals surface area contributed by atoms with E-state index in [4.69, 9.17) is 4.74 Å². The van der Waals surface area contributed by atoms with Gasteiger partial charge in [0.15, 0.2) is 5.17 Å². The van der Waals surface area contributed by atoms with Gasteiger partial charge in [0.2, 0.25) is 11.8 Å². The quantitative estimate of drug-likeness (QED) is 0.680. The third kappa shape index (κ3) is 4.76. The van der Waals surface area contributed by atoms with Crippen LogP contribution in [0.4, 0.5) is 11.4 Å². The van der Waals surface area contributed by atoms with Crippen molar-refractivity contribution in [1.29, 1.82) is 0 Å². The van der Waals surface area contributed by atoms with Gasteiger partial charge in [0.25, 0.3) is 0 Å². The molecule has 2 amide bonds. The standard InChI is InChI=1S/C18H18N4O3S/c1-25-14-9-7-12(8-10-14)19-16(23)11-15-17(24)20-18(26-15)22-21-13-5-3-2-4-6-13/h2-10,15,21H,11H2,1H3,(H,19,23)(H,20,22,24). The molecule has 7 nitrogen and oxygen atoms in total. The molecule has 1 aliphatic heterocycles. The Bertz CT molecular complexity index is 809. The minimum absolute atomic E-state index is 0.0624. The van der Waals surface area contributed by atoms with E-state index >= 15 is 0 Å². The number of hydrazone groups is 1. The lowest BCUT2D eigenvalue weighted by atomic mass is 10.2. The second-order valence-electron chi connectivity index (χ2n) is 5.47. The topological polar surface area (TPSA) is 91.8 Å². The van der Waals surface area contributed by atoms with E-state index in [1.54, 1.807) is 31.4 Å². The summed E-state index contributed by atoms with van der Waals surface area (Å²) in [5, 5.41) is 9.54. The fraction of sp³-hybridized carbons (Fsp3) is 0.167. The van der Waals surface area contributed by atoms with Crippen molar-refractivity contribution in [2.75, 3.05) is 17.9 Å². The molecule has 26 heavy (non-hydrogen) atoms. The predicted octanol–water partition coefficient (Wildman–Crippen LogP) is 2.64. The van der Waals surface area contributed by atoms with Crippen LogP contribution in [0.1, 0.15) is 6.42 Å². The van der Waals surface area contributed by atoms with Gasteiger partial charge in [-0.05, 0) is 36.4 Å². The molecule has 1 unspecified atom stereocenters. The minimum Gasteiger partial charge on any atom is -0.497 e. The number of thioether (sulfide) groups is 1. The van der Waals surface area contributed by atoms with Crippen LogP contribution in [0.25, 0.3) is 0 Å². The summed E-state index contributed by atoms with van der Waals surface area (Å²) in [6, 6.07) is 16.4. The number of methoxy groups -OCH3 is 1. The van der Waals surface area contributed by atoms with E-state index in [0.29, 0.717) is 16.6 Å². The Balaban J connectivity index is 1.52. The van der Waals surface area contributed by atoms with Gasteiger partial charge in [-0.2, -0.15) is 0 Å². The number of carbonyl (C=O) groups excluding carboxylic acids is 2. The van der Waals surface area contributed by atoms with Gasteiger partial charge >= 0.3 is 0 Å². The minimum atomic E-state index is -0.510. The van der Waals surface area contributed by atoms with Crippen LogP contribution in [-0.2, 0) is 9.59 Å². The second kappa shape index (κ2) is 8.39. The number of ether oxygens (including phenoxy) is 1. The van der Waals surface area contributed by atoms with Gasteiger partial charge in [0, 0.05) is 12.1 Å². The molecule has 1 fully saturated rings. The van der Waals surface area contributed by atoms with E-state index in [1.807, 2.05) is 30.3 Å². The van der Waals surface area contributed by atoms with Gasteiger partial charge in [-0.15, -0.1) is 5.10 Å². The van der Waals surface area contributed by atoms with Crippen molar-refractivity contribution >= 4 is 40.1 Å². The molecule has 3 N–H and O–H groups in total. The smallest absolute Gasteiger partial charge is 0.240 e. The molecule has 0 radical (unpaired) electrons. The van der Waals surface area contributed by atoms with Crippen LogP contribution in [0.5, 0.6) is 5.75 Å². The summed E-state index contributed by atoms with van der Waals surface area (Å²) in [5.41, 5.74) is 4.34. The zero-order chi connectivity index (χ0) is 18.4. The molecule has 1 aliphatic rings. The SMILES string of the molecule is COc1ccc(NC(=O)CC2S/C(=N\Nc3ccccc3)NC2=O)cc1. The Hall–Kier alpha value is -3.00. The summed E-state index contributed by atoms with van der Waals surface area (Å²) in [4.78, 5) is 24.2. The van der Waals surface area contributed by atoms with E-state index in [-0.39, 0.29) is 18.2 Å². The number of hydrogen-bond acceptors (Lipinski definition) is 6. The van der Waals surface area contributed by atoms with E-state index in [2.05, 4.69) is 21.2 Å². The summed E-state index contributed by atoms with van der Waals surface area (Å²) in [7, 11) is 1.58. The van der Waals surface area contributed by atoms with Crippen molar-refractivity contribution in [2.45, 2.75) is 11.7 Å². The molecule has 0 aromatic heterocycles. The van der Waals surface area contributed by atoms with E-state index in [1.165, 1.54) is 11.8 Å². The highest BCUT2D eigenvalue weighted by atomic mass is 32.2. The molecule has 2 aromatic rings. The van der Waals surface area contributed by atoms with Gasteiger partial charge in [-0.25, -0.2) is 0 Å². The first-order chi connectivity index (χ1) is 12.6. The van der Waals surface area contributed by atoms with Gasteiger partial charge in [0.05, 0.1) is 12.8 Å². The number of hydrogen-bond donors (Lipinski definition) is 3. The van der Waals surface area contributed by atoms with Crippen molar-refractivity contribution < 1.29 is 14.3 Å². The summed E-state index contributed by atoms with van der Waals surface area (Å²) in [6.07, 6.45) is 0.0624. The van der Waals surface area contributed by atoms with Gasteiger partial charge < -0.3 is 15.4 Å². The maximum Gasteiger partial charge on any atom is 0.240 e. The van der Waals surface area contributed by atoms with Crippen LogP contribution in [0.2, 0.25) is 0 Å². The molecule has 1 saturated heterocycles. The number of benzene rings is 2. The highest BCUT2D eigenvalue weighted by Crippen LogP contribution is 2.23. The number of nitrogens with zero attached hydrogens (tertiary/aromatic N) is 1. The normalized spacial score (nSPS) is 17.7. The Labute approximate surface area is 155 Å². The number of amides is 2. The summed E-state index contributed by atoms with van der Waals surface area (Å²) < 4.78 is 5.07. The molecule has 134 valence electrons. The van der Waals surface area contributed by atoms with E-state index in [9.17, 15) is 9.59 Å². The second-order valence-corrected chi connectivity index (χ2v) is 6.66. The number of para-hydroxylation sites is 1. The Morgan fingerprint density at radius 3 is 2.58 bits per heavy atom. The molecule has 1 atom stereocenters. The Kier molecular flexibility index (Phi) is 5.75. The van der Waals surface area contributed by atoms with Crippen LogP contribution in [0, 0.1) is 0 Å². The van der Waals surface area contributed by atoms with Crippen molar-refractivity contribution in [3.63, 3.8) is 0 Å².